The zero-order valence-corrected chi connectivity index (χ0v) is 21.3. The van der Waals surface area contributed by atoms with Crippen molar-refractivity contribution in [3.8, 4) is 5.75 Å². The molecule has 2 aliphatic rings. The van der Waals surface area contributed by atoms with Crippen LogP contribution in [-0.4, -0.2) is 28.5 Å². The van der Waals surface area contributed by atoms with Gasteiger partial charge in [-0.1, -0.05) is 0 Å². The fraction of sp³-hybridized carbons (Fsp3) is 0.593. The maximum absolute atomic E-state index is 15.3. The van der Waals surface area contributed by atoms with E-state index in [4.69, 9.17) is 4.74 Å². The second-order valence-corrected chi connectivity index (χ2v) is 10.0. The fourth-order valence-corrected chi connectivity index (χ4v) is 5.46. The van der Waals surface area contributed by atoms with Crippen LogP contribution >= 0.6 is 13.5 Å². The van der Waals surface area contributed by atoms with Gasteiger partial charge in [-0.05, 0) is 107 Å². The number of carbonyl (C=O) groups excluding carboxylic acids is 1. The van der Waals surface area contributed by atoms with Gasteiger partial charge >= 0.3 is 0 Å². The highest BCUT2D eigenvalue weighted by atomic mass is 32.1. The molecule has 4 nitrogen and oxygen atoms in total. The molecule has 0 N–H and O–H groups in total. The molecule has 2 atom stereocenters. The van der Waals surface area contributed by atoms with Crippen LogP contribution < -0.4 is 4.74 Å². The van der Waals surface area contributed by atoms with Gasteiger partial charge in [0, 0.05) is 23.4 Å². The highest BCUT2D eigenvalue weighted by Crippen LogP contribution is 2.50. The van der Waals surface area contributed by atoms with Crippen LogP contribution in [-0.2, 0) is 11.2 Å². The second kappa shape index (κ2) is 11.1. The summed E-state index contributed by atoms with van der Waals surface area (Å²) in [5.41, 5.74) is 0.672. The Morgan fingerprint density at radius 1 is 1.18 bits per heavy atom. The first-order valence-corrected chi connectivity index (χ1v) is 12.1. The van der Waals surface area contributed by atoms with Crippen LogP contribution in [0, 0.1) is 17.8 Å². The fourth-order valence-electron chi connectivity index (χ4n) is 5.46. The van der Waals surface area contributed by atoms with E-state index in [1.54, 1.807) is 19.4 Å². The van der Waals surface area contributed by atoms with E-state index >= 15 is 4.39 Å². The number of hydrogen-bond acceptors (Lipinski definition) is 4. The van der Waals surface area contributed by atoms with E-state index in [1.165, 1.54) is 20.0 Å². The molecule has 0 spiro atoms. The summed E-state index contributed by atoms with van der Waals surface area (Å²) < 4.78 is 34.7. The Bertz CT molecular complexity index is 988. The van der Waals surface area contributed by atoms with E-state index < -0.39 is 23.3 Å². The van der Waals surface area contributed by atoms with Gasteiger partial charge in [0.15, 0.2) is 11.5 Å². The van der Waals surface area contributed by atoms with Crippen LogP contribution in [0.5, 0.6) is 5.75 Å². The van der Waals surface area contributed by atoms with Crippen LogP contribution in [0.2, 0.25) is 0 Å². The lowest BCUT2D eigenvalue weighted by Gasteiger charge is -2.30. The summed E-state index contributed by atoms with van der Waals surface area (Å²) in [6, 6.07) is 5.65. The van der Waals surface area contributed by atoms with Crippen molar-refractivity contribution < 1.29 is 18.3 Å². The van der Waals surface area contributed by atoms with Crippen molar-refractivity contribution in [3.63, 3.8) is 0 Å². The van der Waals surface area contributed by atoms with Gasteiger partial charge in [-0.2, -0.15) is 17.9 Å². The number of aryl methyl sites for hydroxylation is 1. The number of halogens is 2. The first-order valence-electron chi connectivity index (χ1n) is 12.1. The molecule has 7 heteroatoms. The minimum atomic E-state index is -1.84. The molecular formula is C27H36F2N2O2S. The monoisotopic (exact) mass is 490 g/mol. The topological polar surface area (TPSA) is 52.1 Å². The average Bonchev–Trinajstić information content (AvgIpc) is 3.63. The van der Waals surface area contributed by atoms with Crippen molar-refractivity contribution in [2.45, 2.75) is 82.7 Å². The van der Waals surface area contributed by atoms with Gasteiger partial charge in [0.05, 0.1) is 13.3 Å². The molecule has 1 unspecified atom stereocenters. The molecule has 34 heavy (non-hydrogen) atoms. The maximum Gasteiger partial charge on any atom is 0.216 e. The highest BCUT2D eigenvalue weighted by molar-refractivity contribution is 7.59. The molecule has 2 heterocycles. The number of aromatic nitrogens is 2. The van der Waals surface area contributed by atoms with Gasteiger partial charge in [-0.25, -0.2) is 9.37 Å². The van der Waals surface area contributed by atoms with Gasteiger partial charge < -0.3 is 4.74 Å². The smallest absolute Gasteiger partial charge is 0.216 e. The van der Waals surface area contributed by atoms with Crippen LogP contribution in [0.1, 0.15) is 87.4 Å². The van der Waals surface area contributed by atoms with Crippen LogP contribution in [0.3, 0.4) is 0 Å². The average molecular weight is 491 g/mol. The Morgan fingerprint density at radius 2 is 1.88 bits per heavy atom. The lowest BCUT2D eigenvalue weighted by molar-refractivity contribution is -0.129. The Balaban J connectivity index is 0.00000324. The van der Waals surface area contributed by atoms with Gasteiger partial charge in [0.2, 0.25) is 5.95 Å². The molecule has 0 aromatic carbocycles. The standard InChI is InChI=1S/C27H34F2N2O2.H2S/c1-17(32)27(2,29)25(20-9-10-20)21-12-13-30-22(14-21)11-6-18-4-7-19(8-5-18)24-15-23(33-3)16-31-26(24)28;/h12-16,18-20,25H,4-11H2,1-3H3;1H2/t18?,19?,25-,27?;/m0./s1. The summed E-state index contributed by atoms with van der Waals surface area (Å²) in [4.78, 5) is 20.4. The number of ether oxygens (including phenoxy) is 1. The molecule has 186 valence electrons. The van der Waals surface area contributed by atoms with Crippen molar-refractivity contribution in [2.24, 2.45) is 11.8 Å². The van der Waals surface area contributed by atoms with E-state index in [-0.39, 0.29) is 25.3 Å². The molecule has 0 bridgehead atoms. The lowest BCUT2D eigenvalue weighted by Crippen LogP contribution is -2.36. The number of hydrogen-bond donors (Lipinski definition) is 0. The molecule has 0 radical (unpaired) electrons. The molecule has 2 aliphatic carbocycles. The third-order valence-electron chi connectivity index (χ3n) is 7.74. The van der Waals surface area contributed by atoms with E-state index in [1.807, 2.05) is 12.1 Å². The van der Waals surface area contributed by atoms with Crippen molar-refractivity contribution in [2.75, 3.05) is 7.11 Å². The summed E-state index contributed by atoms with van der Waals surface area (Å²) >= 11 is 0. The number of alkyl halides is 1. The van der Waals surface area contributed by atoms with Gasteiger partial charge in [-0.3, -0.25) is 9.78 Å². The highest BCUT2D eigenvalue weighted by Gasteiger charge is 2.48. The van der Waals surface area contributed by atoms with Gasteiger partial charge in [0.25, 0.3) is 0 Å². The minimum Gasteiger partial charge on any atom is -0.495 e. The Kier molecular flexibility index (Phi) is 8.72. The van der Waals surface area contributed by atoms with E-state index in [2.05, 4.69) is 9.97 Å². The number of pyridine rings is 2. The molecule has 0 amide bonds. The predicted molar refractivity (Wildman–Crippen MR) is 134 cm³/mol. The van der Waals surface area contributed by atoms with Crippen LogP contribution in [0.25, 0.3) is 0 Å². The summed E-state index contributed by atoms with van der Waals surface area (Å²) in [7, 11) is 1.57. The summed E-state index contributed by atoms with van der Waals surface area (Å²) in [5.74, 6) is 0.389. The first kappa shape index (κ1) is 26.6. The van der Waals surface area contributed by atoms with E-state index in [0.717, 1.165) is 62.6 Å². The molecule has 2 aromatic heterocycles. The summed E-state index contributed by atoms with van der Waals surface area (Å²) in [6.07, 6.45) is 10.9. The van der Waals surface area contributed by atoms with Crippen molar-refractivity contribution in [1.82, 2.24) is 9.97 Å². The number of carbonyl (C=O) groups is 1. The maximum atomic E-state index is 15.3. The van der Waals surface area contributed by atoms with Crippen molar-refractivity contribution in [1.29, 1.82) is 0 Å². The Hall–Kier alpha value is -2.02. The number of nitrogens with zero attached hydrogens (tertiary/aromatic N) is 2. The Labute approximate surface area is 208 Å². The second-order valence-electron chi connectivity index (χ2n) is 10.0. The third kappa shape index (κ3) is 5.96. The number of Topliss-reactive ketones (excluding diaryl/α,β-unsaturated/α-hetero) is 1. The van der Waals surface area contributed by atoms with Gasteiger partial charge in [0.1, 0.15) is 5.75 Å². The molecule has 2 fully saturated rings. The molecule has 0 saturated heterocycles. The normalized spacial score (nSPS) is 22.9. The molecule has 2 saturated carbocycles. The van der Waals surface area contributed by atoms with Crippen molar-refractivity contribution >= 4 is 19.3 Å². The third-order valence-corrected chi connectivity index (χ3v) is 7.74. The van der Waals surface area contributed by atoms with Crippen LogP contribution in [0.15, 0.2) is 30.6 Å². The molecule has 2 aromatic rings. The molecule has 0 aliphatic heterocycles. The number of ketones is 1. The largest absolute Gasteiger partial charge is 0.495 e. The summed E-state index contributed by atoms with van der Waals surface area (Å²) in [6.45, 7) is 2.78. The molecule has 4 rings (SSSR count). The summed E-state index contributed by atoms with van der Waals surface area (Å²) in [5, 5.41) is 0. The minimum absolute atomic E-state index is 0. The van der Waals surface area contributed by atoms with Crippen molar-refractivity contribution in [3.05, 3.63) is 53.4 Å². The van der Waals surface area contributed by atoms with Gasteiger partial charge in [-0.15, -0.1) is 0 Å². The lowest BCUT2D eigenvalue weighted by atomic mass is 9.77. The quantitative estimate of drug-likeness (QED) is 0.379. The number of rotatable bonds is 9. The SMILES string of the molecule is COc1cnc(F)c(C2CCC(CCc3cc([C@H](C4CC4)C(C)(F)C(C)=O)ccn3)CC2)c1.S. The van der Waals surface area contributed by atoms with E-state index in [9.17, 15) is 9.18 Å². The first-order chi connectivity index (χ1) is 15.8. The van der Waals surface area contributed by atoms with E-state index in [0.29, 0.717) is 17.2 Å². The zero-order valence-electron chi connectivity index (χ0n) is 20.3. The molecular weight excluding hydrogens is 454 g/mol. The Morgan fingerprint density at radius 3 is 2.50 bits per heavy atom. The number of methoxy groups -OCH3 is 1. The zero-order chi connectivity index (χ0) is 23.6. The predicted octanol–water partition coefficient (Wildman–Crippen LogP) is 6.45. The van der Waals surface area contributed by atoms with Crippen LogP contribution in [0.4, 0.5) is 8.78 Å².